The van der Waals surface area contributed by atoms with Crippen molar-refractivity contribution in [1.82, 2.24) is 4.90 Å². The molecule has 186 valence electrons. The predicted octanol–water partition coefficient (Wildman–Crippen LogP) is 6.30. The van der Waals surface area contributed by atoms with Gasteiger partial charge in [0.05, 0.1) is 21.2 Å². The molecule has 1 aliphatic rings. The molecule has 1 aliphatic heterocycles. The number of thioether (sulfide) groups is 1. The zero-order chi connectivity index (χ0) is 25.5. The minimum Gasteiger partial charge on any atom is -0.490 e. The molecule has 3 rings (SSSR count). The van der Waals surface area contributed by atoms with E-state index >= 15 is 0 Å². The number of imide groups is 1. The van der Waals surface area contributed by atoms with E-state index in [2.05, 4.69) is 22.6 Å². The Hall–Kier alpha value is -2.24. The van der Waals surface area contributed by atoms with Crippen molar-refractivity contribution in [2.75, 3.05) is 13.2 Å². The van der Waals surface area contributed by atoms with Gasteiger partial charge in [-0.25, -0.2) is 0 Å². The van der Waals surface area contributed by atoms with Crippen molar-refractivity contribution < 1.29 is 28.6 Å². The fourth-order valence-corrected chi connectivity index (χ4v) is 4.91. The maximum absolute atomic E-state index is 12.8. The van der Waals surface area contributed by atoms with Crippen molar-refractivity contribution in [3.63, 3.8) is 0 Å². The van der Waals surface area contributed by atoms with Crippen LogP contribution in [0, 0.1) is 3.57 Å². The van der Waals surface area contributed by atoms with Gasteiger partial charge in [0.2, 0.25) is 0 Å². The lowest BCUT2D eigenvalue weighted by Crippen LogP contribution is -2.35. The van der Waals surface area contributed by atoms with Gasteiger partial charge in [0.15, 0.2) is 11.5 Å². The third kappa shape index (κ3) is 7.14. The van der Waals surface area contributed by atoms with Crippen LogP contribution < -0.4 is 9.47 Å². The Kier molecular flexibility index (Phi) is 9.88. The van der Waals surface area contributed by atoms with Crippen LogP contribution in [0.5, 0.6) is 11.5 Å². The van der Waals surface area contributed by atoms with Crippen molar-refractivity contribution in [1.29, 1.82) is 0 Å². The molecule has 2 aromatic rings. The molecule has 2 aromatic carbocycles. The summed E-state index contributed by atoms with van der Waals surface area (Å²) in [5, 5.41) is 0.0996. The van der Waals surface area contributed by atoms with Gasteiger partial charge in [-0.2, -0.15) is 0 Å². The second-order valence-electron chi connectivity index (χ2n) is 7.62. The van der Waals surface area contributed by atoms with Crippen molar-refractivity contribution in [2.24, 2.45) is 0 Å². The number of halogens is 2. The van der Waals surface area contributed by atoms with Crippen molar-refractivity contribution in [3.05, 3.63) is 61.0 Å². The zero-order valence-corrected chi connectivity index (χ0v) is 23.2. The molecular formula is C25H25ClINO6S. The normalized spacial score (nSPS) is 15.5. The van der Waals surface area contributed by atoms with E-state index in [-0.39, 0.29) is 17.6 Å². The SMILES string of the molecule is CCOc1cc(/C=C2/SC(=O)N(CC(=O)O[C@@H](C)CC)C2=O)cc(I)c1OCc1ccccc1Cl. The van der Waals surface area contributed by atoms with Crippen LogP contribution in [0.3, 0.4) is 0 Å². The number of ether oxygens (including phenoxy) is 3. The Balaban J connectivity index is 1.80. The number of hydrogen-bond acceptors (Lipinski definition) is 7. The summed E-state index contributed by atoms with van der Waals surface area (Å²) in [5.74, 6) is -0.0799. The van der Waals surface area contributed by atoms with E-state index in [1.807, 2.05) is 38.1 Å². The molecule has 1 saturated heterocycles. The van der Waals surface area contributed by atoms with Gasteiger partial charge < -0.3 is 14.2 Å². The van der Waals surface area contributed by atoms with Crippen LogP contribution in [0.4, 0.5) is 4.79 Å². The van der Waals surface area contributed by atoms with Gasteiger partial charge in [0.1, 0.15) is 13.2 Å². The first-order chi connectivity index (χ1) is 16.7. The lowest BCUT2D eigenvalue weighted by molar-refractivity contribution is -0.150. The maximum atomic E-state index is 12.8. The largest absolute Gasteiger partial charge is 0.490 e. The number of carbonyl (C=O) groups excluding carboxylic acids is 3. The monoisotopic (exact) mass is 629 g/mol. The van der Waals surface area contributed by atoms with Crippen LogP contribution in [-0.2, 0) is 20.9 Å². The molecule has 10 heteroatoms. The molecule has 0 aromatic heterocycles. The van der Waals surface area contributed by atoms with Crippen LogP contribution in [-0.4, -0.2) is 41.3 Å². The van der Waals surface area contributed by atoms with E-state index in [0.29, 0.717) is 35.1 Å². The molecule has 1 heterocycles. The Morgan fingerprint density at radius 2 is 1.94 bits per heavy atom. The minimum absolute atomic E-state index is 0.217. The average molecular weight is 630 g/mol. The molecule has 1 atom stereocenters. The highest BCUT2D eigenvalue weighted by molar-refractivity contribution is 14.1. The molecular weight excluding hydrogens is 605 g/mol. The third-order valence-electron chi connectivity index (χ3n) is 5.03. The molecule has 7 nitrogen and oxygen atoms in total. The van der Waals surface area contributed by atoms with Crippen molar-refractivity contribution in [3.8, 4) is 11.5 Å². The highest BCUT2D eigenvalue weighted by atomic mass is 127. The van der Waals surface area contributed by atoms with Crippen molar-refractivity contribution in [2.45, 2.75) is 39.9 Å². The van der Waals surface area contributed by atoms with Gasteiger partial charge in [0, 0.05) is 10.6 Å². The molecule has 35 heavy (non-hydrogen) atoms. The van der Waals surface area contributed by atoms with Gasteiger partial charge in [-0.3, -0.25) is 19.3 Å². The molecule has 2 amide bonds. The molecule has 1 fully saturated rings. The summed E-state index contributed by atoms with van der Waals surface area (Å²) < 4.78 is 17.8. The van der Waals surface area contributed by atoms with E-state index in [0.717, 1.165) is 25.8 Å². The first kappa shape index (κ1) is 27.3. The quantitative estimate of drug-likeness (QED) is 0.173. The lowest BCUT2D eigenvalue weighted by atomic mass is 10.1. The summed E-state index contributed by atoms with van der Waals surface area (Å²) in [6.07, 6.45) is 1.97. The zero-order valence-electron chi connectivity index (χ0n) is 19.5. The van der Waals surface area contributed by atoms with E-state index in [4.69, 9.17) is 25.8 Å². The number of esters is 1. The van der Waals surface area contributed by atoms with Crippen molar-refractivity contribution >= 4 is 69.1 Å². The van der Waals surface area contributed by atoms with Crippen LogP contribution in [0.15, 0.2) is 41.3 Å². The molecule has 0 N–H and O–H groups in total. The first-order valence-corrected chi connectivity index (χ1v) is 13.3. The standard InChI is InChI=1S/C25H25ClINO6S/c1-4-15(3)34-22(29)13-28-24(30)21(35-25(28)31)12-16-10-19(27)23(20(11-16)32-5-2)33-14-17-8-6-7-9-18(17)26/h6-12,15H,4-5,13-14H2,1-3H3/b21-12+/t15-/m0/s1. The first-order valence-electron chi connectivity index (χ1n) is 11.0. The lowest BCUT2D eigenvalue weighted by Gasteiger charge is -2.15. The molecule has 0 unspecified atom stereocenters. The Bertz CT molecular complexity index is 1150. The second-order valence-corrected chi connectivity index (χ2v) is 10.2. The van der Waals surface area contributed by atoms with Gasteiger partial charge in [-0.05, 0) is 84.5 Å². The van der Waals surface area contributed by atoms with Crippen LogP contribution in [0.1, 0.15) is 38.3 Å². The van der Waals surface area contributed by atoms with Gasteiger partial charge in [0.25, 0.3) is 11.1 Å². The van der Waals surface area contributed by atoms with Crippen LogP contribution >= 0.6 is 46.0 Å². The summed E-state index contributed by atoms with van der Waals surface area (Å²) >= 11 is 9.16. The second kappa shape index (κ2) is 12.6. The highest BCUT2D eigenvalue weighted by Crippen LogP contribution is 2.38. The highest BCUT2D eigenvalue weighted by Gasteiger charge is 2.37. The van der Waals surface area contributed by atoms with Crippen LogP contribution in [0.2, 0.25) is 5.02 Å². The maximum Gasteiger partial charge on any atom is 0.326 e. The fourth-order valence-electron chi connectivity index (χ4n) is 3.10. The number of amides is 2. The van der Waals surface area contributed by atoms with Gasteiger partial charge in [-0.15, -0.1) is 0 Å². The smallest absolute Gasteiger partial charge is 0.326 e. The number of hydrogen-bond donors (Lipinski definition) is 0. The summed E-state index contributed by atoms with van der Waals surface area (Å²) in [5.41, 5.74) is 1.51. The summed E-state index contributed by atoms with van der Waals surface area (Å²) in [4.78, 5) is 38.4. The Morgan fingerprint density at radius 1 is 1.20 bits per heavy atom. The summed E-state index contributed by atoms with van der Waals surface area (Å²) in [6, 6.07) is 11.0. The number of nitrogens with zero attached hydrogens (tertiary/aromatic N) is 1. The predicted molar refractivity (Wildman–Crippen MR) is 145 cm³/mol. The van der Waals surface area contributed by atoms with E-state index < -0.39 is 23.7 Å². The fraction of sp³-hybridized carbons (Fsp3) is 0.320. The number of carbonyl (C=O) groups is 3. The number of rotatable bonds is 10. The summed E-state index contributed by atoms with van der Waals surface area (Å²) in [6.45, 7) is 5.76. The topological polar surface area (TPSA) is 82.1 Å². The molecule has 0 radical (unpaired) electrons. The van der Waals surface area contributed by atoms with Gasteiger partial charge in [-0.1, -0.05) is 36.7 Å². The third-order valence-corrected chi connectivity index (χ3v) is 7.11. The molecule has 0 saturated carbocycles. The average Bonchev–Trinajstić information content (AvgIpc) is 3.06. The van der Waals surface area contributed by atoms with E-state index in [1.54, 1.807) is 25.1 Å². The van der Waals surface area contributed by atoms with Crippen LogP contribution in [0.25, 0.3) is 6.08 Å². The minimum atomic E-state index is -0.615. The van der Waals surface area contributed by atoms with Gasteiger partial charge >= 0.3 is 5.97 Å². The number of benzene rings is 2. The molecule has 0 spiro atoms. The molecule has 0 aliphatic carbocycles. The summed E-state index contributed by atoms with van der Waals surface area (Å²) in [7, 11) is 0. The van der Waals surface area contributed by atoms with E-state index in [9.17, 15) is 14.4 Å². The van der Waals surface area contributed by atoms with E-state index in [1.165, 1.54) is 0 Å². The molecule has 0 bridgehead atoms. The Labute approximate surface area is 227 Å². The Morgan fingerprint density at radius 3 is 2.63 bits per heavy atom.